The van der Waals surface area contributed by atoms with E-state index in [0.29, 0.717) is 11.5 Å². The Morgan fingerprint density at radius 2 is 2.06 bits per heavy atom. The minimum absolute atomic E-state index is 0.495. The molecule has 2 aromatic rings. The second-order valence-corrected chi connectivity index (χ2v) is 4.17. The molecule has 2 heterocycles. The molecule has 2 aromatic heterocycles. The minimum Gasteiger partial charge on any atom is -0.339 e. The zero-order valence-corrected chi connectivity index (χ0v) is 10.1. The standard InChI is InChI=1S/C11H9BrFN3/c1-7-4-11(15-6-9(7)12)16-8-2-3-10(13)14-5-8/h2-6H,1H3,(H,15,16). The van der Waals surface area contributed by atoms with E-state index in [1.807, 2.05) is 13.0 Å². The molecule has 0 aromatic carbocycles. The minimum atomic E-state index is -0.495. The largest absolute Gasteiger partial charge is 0.339 e. The lowest BCUT2D eigenvalue weighted by Gasteiger charge is -2.06. The lowest BCUT2D eigenvalue weighted by molar-refractivity contribution is 0.584. The summed E-state index contributed by atoms with van der Waals surface area (Å²) in [5.74, 6) is 0.208. The lowest BCUT2D eigenvalue weighted by atomic mass is 10.3. The van der Waals surface area contributed by atoms with Crippen molar-refractivity contribution in [2.45, 2.75) is 6.92 Å². The highest BCUT2D eigenvalue weighted by atomic mass is 79.9. The van der Waals surface area contributed by atoms with Gasteiger partial charge in [0.2, 0.25) is 5.95 Å². The highest BCUT2D eigenvalue weighted by molar-refractivity contribution is 9.10. The number of halogens is 2. The van der Waals surface area contributed by atoms with Crippen molar-refractivity contribution in [3.05, 3.63) is 46.6 Å². The van der Waals surface area contributed by atoms with Crippen molar-refractivity contribution in [1.82, 2.24) is 9.97 Å². The molecule has 5 heteroatoms. The molecule has 0 aliphatic heterocycles. The molecule has 0 radical (unpaired) electrons. The number of hydrogen-bond donors (Lipinski definition) is 1. The Bertz CT molecular complexity index is 499. The first-order valence-corrected chi connectivity index (χ1v) is 5.45. The van der Waals surface area contributed by atoms with Gasteiger partial charge in [-0.25, -0.2) is 9.97 Å². The van der Waals surface area contributed by atoms with Crippen LogP contribution in [-0.2, 0) is 0 Å². The van der Waals surface area contributed by atoms with Crippen LogP contribution < -0.4 is 5.32 Å². The number of pyridine rings is 2. The van der Waals surface area contributed by atoms with Crippen molar-refractivity contribution in [2.75, 3.05) is 5.32 Å². The van der Waals surface area contributed by atoms with Gasteiger partial charge in [-0.2, -0.15) is 4.39 Å². The summed E-state index contributed by atoms with van der Waals surface area (Å²) in [5, 5.41) is 3.04. The van der Waals surface area contributed by atoms with E-state index < -0.39 is 5.95 Å². The zero-order valence-electron chi connectivity index (χ0n) is 8.54. The molecule has 0 bridgehead atoms. The summed E-state index contributed by atoms with van der Waals surface area (Å²) in [7, 11) is 0. The van der Waals surface area contributed by atoms with Crippen LogP contribution in [0.15, 0.2) is 35.1 Å². The van der Waals surface area contributed by atoms with Crippen LogP contribution in [0.25, 0.3) is 0 Å². The molecule has 16 heavy (non-hydrogen) atoms. The predicted octanol–water partition coefficient (Wildman–Crippen LogP) is 3.43. The van der Waals surface area contributed by atoms with Gasteiger partial charge in [0.25, 0.3) is 0 Å². The summed E-state index contributed by atoms with van der Waals surface area (Å²) in [5.41, 5.74) is 1.78. The molecule has 82 valence electrons. The third-order valence-corrected chi connectivity index (χ3v) is 2.88. The van der Waals surface area contributed by atoms with E-state index in [4.69, 9.17) is 0 Å². The van der Waals surface area contributed by atoms with E-state index in [-0.39, 0.29) is 0 Å². The zero-order chi connectivity index (χ0) is 11.5. The quantitative estimate of drug-likeness (QED) is 0.857. The Morgan fingerprint density at radius 1 is 1.25 bits per heavy atom. The summed E-state index contributed by atoms with van der Waals surface area (Å²) in [6.07, 6.45) is 3.14. The first-order chi connectivity index (χ1) is 7.65. The first-order valence-electron chi connectivity index (χ1n) is 4.66. The summed E-state index contributed by atoms with van der Waals surface area (Å²) in [6, 6.07) is 4.81. The van der Waals surface area contributed by atoms with Gasteiger partial charge in [-0.05, 0) is 46.6 Å². The van der Waals surface area contributed by atoms with Gasteiger partial charge in [-0.1, -0.05) is 0 Å². The fraction of sp³-hybridized carbons (Fsp3) is 0.0909. The molecule has 2 rings (SSSR count). The number of nitrogens with zero attached hydrogens (tertiary/aromatic N) is 2. The summed E-state index contributed by atoms with van der Waals surface area (Å²) in [6.45, 7) is 1.97. The molecule has 0 atom stereocenters. The molecule has 0 spiro atoms. The fourth-order valence-electron chi connectivity index (χ4n) is 1.21. The Balaban J connectivity index is 2.20. The van der Waals surface area contributed by atoms with Gasteiger partial charge in [0, 0.05) is 10.7 Å². The van der Waals surface area contributed by atoms with Crippen molar-refractivity contribution in [1.29, 1.82) is 0 Å². The Hall–Kier alpha value is -1.49. The molecule has 0 aliphatic carbocycles. The van der Waals surface area contributed by atoms with Gasteiger partial charge in [-0.3, -0.25) is 0 Å². The highest BCUT2D eigenvalue weighted by Crippen LogP contribution is 2.19. The van der Waals surface area contributed by atoms with Crippen LogP contribution in [0.3, 0.4) is 0 Å². The normalized spacial score (nSPS) is 10.2. The van der Waals surface area contributed by atoms with E-state index >= 15 is 0 Å². The van der Waals surface area contributed by atoms with E-state index in [0.717, 1.165) is 10.0 Å². The van der Waals surface area contributed by atoms with Gasteiger partial charge in [-0.15, -0.1) is 0 Å². The molecule has 0 saturated heterocycles. The van der Waals surface area contributed by atoms with Crippen LogP contribution in [0.1, 0.15) is 5.56 Å². The smallest absolute Gasteiger partial charge is 0.212 e. The Morgan fingerprint density at radius 3 is 2.69 bits per heavy atom. The summed E-state index contributed by atoms with van der Waals surface area (Å²) >= 11 is 3.37. The molecule has 0 fully saturated rings. The maximum atomic E-state index is 12.6. The molecular formula is C11H9BrFN3. The van der Waals surface area contributed by atoms with Crippen molar-refractivity contribution >= 4 is 27.4 Å². The van der Waals surface area contributed by atoms with Crippen molar-refractivity contribution in [3.63, 3.8) is 0 Å². The first kappa shape index (κ1) is 11.0. The lowest BCUT2D eigenvalue weighted by Crippen LogP contribution is -1.95. The van der Waals surface area contributed by atoms with E-state index in [1.165, 1.54) is 12.3 Å². The van der Waals surface area contributed by atoms with Crippen molar-refractivity contribution in [2.24, 2.45) is 0 Å². The fourth-order valence-corrected chi connectivity index (χ4v) is 1.42. The summed E-state index contributed by atoms with van der Waals surface area (Å²) in [4.78, 5) is 7.73. The number of hydrogen-bond acceptors (Lipinski definition) is 3. The van der Waals surface area contributed by atoms with Gasteiger partial charge in [0.1, 0.15) is 5.82 Å². The van der Waals surface area contributed by atoms with E-state index in [2.05, 4.69) is 31.2 Å². The Labute approximate surface area is 101 Å². The van der Waals surface area contributed by atoms with Crippen molar-refractivity contribution < 1.29 is 4.39 Å². The monoisotopic (exact) mass is 281 g/mol. The second-order valence-electron chi connectivity index (χ2n) is 3.31. The van der Waals surface area contributed by atoms with Gasteiger partial charge >= 0.3 is 0 Å². The number of nitrogens with one attached hydrogen (secondary N) is 1. The summed E-state index contributed by atoms with van der Waals surface area (Å²) < 4.78 is 13.5. The topological polar surface area (TPSA) is 37.8 Å². The van der Waals surface area contributed by atoms with Gasteiger partial charge < -0.3 is 5.32 Å². The van der Waals surface area contributed by atoms with Crippen LogP contribution in [-0.4, -0.2) is 9.97 Å². The van der Waals surface area contributed by atoms with Crippen LogP contribution in [0.2, 0.25) is 0 Å². The number of aryl methyl sites for hydroxylation is 1. The molecular weight excluding hydrogens is 273 g/mol. The molecule has 0 unspecified atom stereocenters. The van der Waals surface area contributed by atoms with Crippen LogP contribution in [0.5, 0.6) is 0 Å². The van der Waals surface area contributed by atoms with Crippen molar-refractivity contribution in [3.8, 4) is 0 Å². The molecule has 3 nitrogen and oxygen atoms in total. The molecule has 1 N–H and O–H groups in total. The van der Waals surface area contributed by atoms with Crippen LogP contribution >= 0.6 is 15.9 Å². The maximum Gasteiger partial charge on any atom is 0.212 e. The highest BCUT2D eigenvalue weighted by Gasteiger charge is 2.00. The molecule has 0 aliphatic rings. The van der Waals surface area contributed by atoms with Crippen LogP contribution in [0, 0.1) is 12.9 Å². The van der Waals surface area contributed by atoms with E-state index in [1.54, 1.807) is 12.3 Å². The molecule has 0 saturated carbocycles. The maximum absolute atomic E-state index is 12.6. The average Bonchev–Trinajstić information content (AvgIpc) is 2.27. The number of anilines is 2. The third-order valence-electron chi connectivity index (χ3n) is 2.05. The van der Waals surface area contributed by atoms with Gasteiger partial charge in [0.05, 0.1) is 11.9 Å². The average molecular weight is 282 g/mol. The van der Waals surface area contributed by atoms with Crippen LogP contribution in [0.4, 0.5) is 15.9 Å². The van der Waals surface area contributed by atoms with E-state index in [9.17, 15) is 4.39 Å². The SMILES string of the molecule is Cc1cc(Nc2ccc(F)nc2)ncc1Br. The van der Waals surface area contributed by atoms with Gasteiger partial charge in [0.15, 0.2) is 0 Å². The molecule has 0 amide bonds. The second kappa shape index (κ2) is 4.57. The Kier molecular flexibility index (Phi) is 3.14. The third kappa shape index (κ3) is 2.55. The number of aromatic nitrogens is 2. The predicted molar refractivity (Wildman–Crippen MR) is 64.2 cm³/mol. The number of rotatable bonds is 2.